The lowest BCUT2D eigenvalue weighted by Crippen LogP contribution is -2.40. The molecule has 10 heteroatoms. The first kappa shape index (κ1) is 19.9. The van der Waals surface area contributed by atoms with Crippen LogP contribution in [-0.4, -0.2) is 37.5 Å². The van der Waals surface area contributed by atoms with Gasteiger partial charge in [-0.15, -0.1) is 10.2 Å². The van der Waals surface area contributed by atoms with E-state index in [0.29, 0.717) is 30.0 Å². The van der Waals surface area contributed by atoms with Crippen molar-refractivity contribution < 1.29 is 9.21 Å². The predicted octanol–water partition coefficient (Wildman–Crippen LogP) is 1.20. The van der Waals surface area contributed by atoms with E-state index in [2.05, 4.69) is 27.4 Å². The van der Waals surface area contributed by atoms with E-state index in [4.69, 9.17) is 4.42 Å². The number of aromatic amines is 1. The van der Waals surface area contributed by atoms with Crippen LogP contribution in [0.1, 0.15) is 38.5 Å². The van der Waals surface area contributed by atoms with E-state index >= 15 is 0 Å². The molecule has 4 rings (SSSR count). The number of aromatic nitrogens is 4. The number of carbonyl (C=O) groups is 1. The van der Waals surface area contributed by atoms with Crippen molar-refractivity contribution in [2.24, 2.45) is 17.8 Å². The second-order valence-electron chi connectivity index (χ2n) is 8.00. The van der Waals surface area contributed by atoms with Crippen molar-refractivity contribution in [1.82, 2.24) is 25.1 Å². The zero-order valence-electron chi connectivity index (χ0n) is 16.3. The maximum absolute atomic E-state index is 12.3. The Morgan fingerprint density at radius 1 is 1.38 bits per heavy atom. The average Bonchev–Trinajstić information content (AvgIpc) is 3.42. The number of hydrogen-bond acceptors (Lipinski definition) is 7. The first-order valence-corrected chi connectivity index (χ1v) is 11.0. The van der Waals surface area contributed by atoms with Crippen LogP contribution in [0.3, 0.4) is 0 Å². The Hall–Kier alpha value is -2.36. The van der Waals surface area contributed by atoms with Crippen LogP contribution in [-0.2, 0) is 17.8 Å². The Labute approximate surface area is 171 Å². The van der Waals surface area contributed by atoms with Crippen LogP contribution in [0.5, 0.6) is 0 Å². The van der Waals surface area contributed by atoms with Crippen LogP contribution >= 0.6 is 11.8 Å². The van der Waals surface area contributed by atoms with E-state index in [0.717, 1.165) is 11.8 Å². The molecule has 0 saturated heterocycles. The summed E-state index contributed by atoms with van der Waals surface area (Å²) in [6.07, 6.45) is 7.01. The Kier molecular flexibility index (Phi) is 5.89. The molecule has 0 aliphatic heterocycles. The molecular formula is C19H25N5O4S. The summed E-state index contributed by atoms with van der Waals surface area (Å²) in [4.78, 5) is 37.2. The molecule has 9 nitrogen and oxygen atoms in total. The molecule has 2 aliphatic carbocycles. The summed E-state index contributed by atoms with van der Waals surface area (Å²) < 4.78 is 6.90. The summed E-state index contributed by atoms with van der Waals surface area (Å²) in [7, 11) is 0. The summed E-state index contributed by atoms with van der Waals surface area (Å²) in [5.41, 5.74) is -0.913. The number of aryl methyl sites for hydroxylation is 2. The van der Waals surface area contributed by atoms with Crippen LogP contribution in [0.2, 0.25) is 0 Å². The van der Waals surface area contributed by atoms with E-state index in [-0.39, 0.29) is 17.7 Å². The molecule has 2 aromatic heterocycles. The van der Waals surface area contributed by atoms with Gasteiger partial charge in [-0.2, -0.15) is 0 Å². The molecule has 2 aromatic rings. The normalized spacial score (nSPS) is 24.0. The second kappa shape index (κ2) is 8.56. The number of fused-ring (bicyclic) bond motifs is 2. The van der Waals surface area contributed by atoms with Crippen molar-refractivity contribution in [2.75, 3.05) is 5.75 Å². The van der Waals surface area contributed by atoms with Gasteiger partial charge < -0.3 is 14.3 Å². The highest BCUT2D eigenvalue weighted by molar-refractivity contribution is 7.99. The van der Waals surface area contributed by atoms with E-state index in [1.165, 1.54) is 54.3 Å². The minimum absolute atomic E-state index is 0.0233. The number of thioether (sulfide) groups is 1. The number of carbonyl (C=O) groups excluding carboxylic acids is 1. The van der Waals surface area contributed by atoms with Crippen molar-refractivity contribution in [3.63, 3.8) is 0 Å². The maximum Gasteiger partial charge on any atom is 0.328 e. The Bertz CT molecular complexity index is 983. The number of nitrogens with zero attached hydrogens (tertiary/aromatic N) is 3. The van der Waals surface area contributed by atoms with Crippen molar-refractivity contribution >= 4 is 17.7 Å². The Morgan fingerprint density at radius 2 is 2.24 bits per heavy atom. The molecule has 1 amide bonds. The largest absolute Gasteiger partial charge is 0.416 e. The third-order valence-corrected chi connectivity index (χ3v) is 6.88. The molecule has 2 heterocycles. The fourth-order valence-electron chi connectivity index (χ4n) is 4.67. The molecule has 2 N–H and O–H groups in total. The Morgan fingerprint density at radius 3 is 2.97 bits per heavy atom. The first-order valence-electron chi connectivity index (χ1n) is 10.0. The molecule has 0 unspecified atom stereocenters. The van der Waals surface area contributed by atoms with Gasteiger partial charge in [-0.25, -0.2) is 4.79 Å². The van der Waals surface area contributed by atoms with Gasteiger partial charge in [-0.05, 0) is 43.9 Å². The van der Waals surface area contributed by atoms with Crippen LogP contribution in [0, 0.1) is 17.8 Å². The molecule has 4 atom stereocenters. The number of rotatable bonds is 8. The highest BCUT2D eigenvalue weighted by atomic mass is 32.2. The molecule has 2 fully saturated rings. The SMILES string of the molecule is C[C@@H](NC(=O)CSc1nnc(CCn2ccc(=O)[nH]c2=O)o1)[C@H]1C[C@H]2CC[C@H]1C2. The average molecular weight is 420 g/mol. The Balaban J connectivity index is 1.22. The molecule has 2 saturated carbocycles. The highest BCUT2D eigenvalue weighted by Crippen LogP contribution is 2.49. The van der Waals surface area contributed by atoms with Crippen LogP contribution in [0.15, 0.2) is 31.5 Å². The third-order valence-electron chi connectivity index (χ3n) is 6.06. The van der Waals surface area contributed by atoms with Gasteiger partial charge in [-0.1, -0.05) is 18.2 Å². The van der Waals surface area contributed by atoms with Gasteiger partial charge in [-0.3, -0.25) is 14.6 Å². The van der Waals surface area contributed by atoms with Gasteiger partial charge >= 0.3 is 5.69 Å². The second-order valence-corrected chi connectivity index (χ2v) is 8.93. The minimum atomic E-state index is -0.479. The first-order chi connectivity index (χ1) is 14.0. The summed E-state index contributed by atoms with van der Waals surface area (Å²) in [5.74, 6) is 2.82. The molecule has 2 aliphatic rings. The van der Waals surface area contributed by atoms with E-state index in [1.807, 2.05) is 0 Å². The molecule has 29 heavy (non-hydrogen) atoms. The quantitative estimate of drug-likeness (QED) is 0.616. The zero-order valence-corrected chi connectivity index (χ0v) is 17.1. The van der Waals surface area contributed by atoms with Crippen molar-refractivity contribution in [2.45, 2.75) is 56.8 Å². The van der Waals surface area contributed by atoms with Crippen molar-refractivity contribution in [3.05, 3.63) is 39.0 Å². The topological polar surface area (TPSA) is 123 Å². The number of amides is 1. The van der Waals surface area contributed by atoms with Gasteiger partial charge in [0.1, 0.15) is 0 Å². The summed E-state index contributed by atoms with van der Waals surface area (Å²) >= 11 is 1.21. The molecule has 0 spiro atoms. The number of hydrogen-bond donors (Lipinski definition) is 2. The molecule has 0 radical (unpaired) electrons. The van der Waals surface area contributed by atoms with Gasteiger partial charge in [0.2, 0.25) is 11.8 Å². The van der Waals surface area contributed by atoms with Gasteiger partial charge in [0, 0.05) is 31.3 Å². The lowest BCUT2D eigenvalue weighted by Gasteiger charge is -2.28. The van der Waals surface area contributed by atoms with Crippen LogP contribution in [0.4, 0.5) is 0 Å². The van der Waals surface area contributed by atoms with Crippen LogP contribution in [0.25, 0.3) is 0 Å². The molecular weight excluding hydrogens is 394 g/mol. The highest BCUT2D eigenvalue weighted by Gasteiger charge is 2.42. The lowest BCUT2D eigenvalue weighted by molar-refractivity contribution is -0.119. The van der Waals surface area contributed by atoms with Gasteiger partial charge in [0.25, 0.3) is 10.8 Å². The zero-order chi connectivity index (χ0) is 20.4. The monoisotopic (exact) mass is 419 g/mol. The predicted molar refractivity (Wildman–Crippen MR) is 107 cm³/mol. The van der Waals surface area contributed by atoms with E-state index in [1.54, 1.807) is 0 Å². The smallest absolute Gasteiger partial charge is 0.328 e. The maximum atomic E-state index is 12.3. The summed E-state index contributed by atoms with van der Waals surface area (Å²) in [6, 6.07) is 1.49. The molecule has 2 bridgehead atoms. The van der Waals surface area contributed by atoms with Crippen LogP contribution < -0.4 is 16.6 Å². The summed E-state index contributed by atoms with van der Waals surface area (Å²) in [6.45, 7) is 2.42. The van der Waals surface area contributed by atoms with E-state index in [9.17, 15) is 14.4 Å². The standard InChI is InChI=1S/C19H25N5O4S/c1-11(14-9-12-2-3-13(14)8-12)20-16(26)10-29-19-23-22-17(28-19)5-7-24-6-4-15(25)21-18(24)27/h4,6,11-14H,2-3,5,7-10H2,1H3,(H,20,26)(H,21,25,27)/t11-,12+,13+,14-/m1/s1. The van der Waals surface area contributed by atoms with Crippen molar-refractivity contribution in [3.8, 4) is 0 Å². The fourth-order valence-corrected chi connectivity index (χ4v) is 5.26. The van der Waals surface area contributed by atoms with Gasteiger partial charge in [0.05, 0.1) is 5.75 Å². The van der Waals surface area contributed by atoms with E-state index < -0.39 is 11.2 Å². The lowest BCUT2D eigenvalue weighted by atomic mass is 9.84. The molecule has 156 valence electrons. The molecule has 0 aromatic carbocycles. The third kappa shape index (κ3) is 4.80. The van der Waals surface area contributed by atoms with Crippen molar-refractivity contribution in [1.29, 1.82) is 0 Å². The summed E-state index contributed by atoms with van der Waals surface area (Å²) in [5, 5.41) is 11.4. The number of H-pyrrole nitrogens is 1. The minimum Gasteiger partial charge on any atom is -0.416 e. The number of nitrogens with one attached hydrogen (secondary N) is 2. The van der Waals surface area contributed by atoms with Gasteiger partial charge in [0.15, 0.2) is 0 Å². The fraction of sp³-hybridized carbons (Fsp3) is 0.632.